The van der Waals surface area contributed by atoms with E-state index in [-0.39, 0.29) is 17.1 Å². The molecule has 1 fully saturated rings. The molecule has 0 spiro atoms. The Bertz CT molecular complexity index is 886. The maximum atomic E-state index is 13.0. The molecule has 0 saturated carbocycles. The molecule has 12 nitrogen and oxygen atoms in total. The lowest BCUT2D eigenvalue weighted by molar-refractivity contribution is -0.204. The smallest absolute Gasteiger partial charge is 0.369 e. The minimum absolute atomic E-state index is 0.0189. The Morgan fingerprint density at radius 1 is 1.56 bits per heavy atom. The normalized spacial score (nSPS) is 27.2. The van der Waals surface area contributed by atoms with Crippen molar-refractivity contribution in [1.29, 1.82) is 0 Å². The summed E-state index contributed by atoms with van der Waals surface area (Å²) in [6, 6.07) is 0. The van der Waals surface area contributed by atoms with E-state index in [1.807, 2.05) is 0 Å². The molecule has 0 amide bonds. The number of ether oxygens (including phenoxy) is 1. The number of imidazole rings is 1. The third-order valence-electron chi connectivity index (χ3n) is 3.55. The quantitative estimate of drug-likeness (QED) is 0.320. The van der Waals surface area contributed by atoms with Crippen LogP contribution in [0.3, 0.4) is 0 Å². The van der Waals surface area contributed by atoms with Crippen molar-refractivity contribution >= 4 is 37.6 Å². The maximum absolute atomic E-state index is 13.0. The molecule has 0 aromatic carbocycles. The fraction of sp³-hybridized carbons (Fsp3) is 0.500. The molecular weight excluding hydrogens is 384 g/mol. The second-order valence-corrected chi connectivity index (χ2v) is 7.01. The van der Waals surface area contributed by atoms with Crippen molar-refractivity contribution in [1.82, 2.24) is 19.5 Å². The van der Waals surface area contributed by atoms with Crippen LogP contribution in [0.2, 0.25) is 0 Å². The summed E-state index contributed by atoms with van der Waals surface area (Å²) in [7, 11) is -4.75. The Morgan fingerprint density at radius 2 is 2.28 bits per heavy atom. The van der Waals surface area contributed by atoms with Crippen LogP contribution in [0.4, 0.5) is 10.5 Å². The molecule has 0 aliphatic carbocycles. The number of phosphoric ester groups is 1. The molecule has 0 unspecified atom stereocenters. The second kappa shape index (κ2) is 6.64. The number of aromatic nitrogens is 4. The number of aromatic amines is 1. The standard InChI is InChI=1S/C10H13FN5O7PS/c11-23-5-6(25)3(1-21-24(18,19)20)22-9(5)16-2-13-4-7(16)14-10(12)15-8(4)17/h2-3,5-6,9,25H,1H2,(H2,18,19,20)(H3,12,14,15,17)/t3-,5+,6+,9-/m1/s1. The molecule has 0 radical (unpaired) electrons. The van der Waals surface area contributed by atoms with E-state index in [1.54, 1.807) is 0 Å². The number of nitrogens with one attached hydrogen (secondary N) is 1. The second-order valence-electron chi connectivity index (χ2n) is 5.17. The summed E-state index contributed by atoms with van der Waals surface area (Å²) in [4.78, 5) is 43.3. The lowest BCUT2D eigenvalue weighted by Crippen LogP contribution is -2.30. The molecule has 2 aromatic heterocycles. The zero-order chi connectivity index (χ0) is 18.4. The van der Waals surface area contributed by atoms with Gasteiger partial charge in [0, 0.05) is 0 Å². The average molecular weight is 397 g/mol. The Balaban J connectivity index is 1.94. The number of anilines is 1. The number of phosphoric acid groups is 1. The molecule has 1 aliphatic heterocycles. The van der Waals surface area contributed by atoms with E-state index in [0.29, 0.717) is 0 Å². The van der Waals surface area contributed by atoms with E-state index in [1.165, 1.54) is 10.9 Å². The number of nitrogens with two attached hydrogens (primary N) is 1. The van der Waals surface area contributed by atoms with Crippen LogP contribution in [0.25, 0.3) is 11.2 Å². The van der Waals surface area contributed by atoms with Gasteiger partial charge in [-0.2, -0.15) is 22.6 Å². The van der Waals surface area contributed by atoms with E-state index in [2.05, 4.69) is 37.0 Å². The van der Waals surface area contributed by atoms with Gasteiger partial charge in [0.15, 0.2) is 23.5 Å². The molecule has 0 bridgehead atoms. The van der Waals surface area contributed by atoms with Crippen molar-refractivity contribution in [2.45, 2.75) is 23.7 Å². The molecule has 1 saturated heterocycles. The highest BCUT2D eigenvalue weighted by Gasteiger charge is 2.47. The molecule has 4 atom stereocenters. The maximum Gasteiger partial charge on any atom is 0.469 e. The summed E-state index contributed by atoms with van der Waals surface area (Å²) in [5.41, 5.74) is 4.86. The van der Waals surface area contributed by atoms with Crippen LogP contribution in [0.15, 0.2) is 11.1 Å². The topological polar surface area (TPSA) is 175 Å². The molecule has 138 valence electrons. The Labute approximate surface area is 143 Å². The van der Waals surface area contributed by atoms with Crippen LogP contribution in [0.1, 0.15) is 6.23 Å². The zero-order valence-electron chi connectivity index (χ0n) is 12.2. The number of hydrogen-bond donors (Lipinski definition) is 5. The highest BCUT2D eigenvalue weighted by molar-refractivity contribution is 7.81. The third kappa shape index (κ3) is 3.55. The molecule has 2 aromatic rings. The minimum Gasteiger partial charge on any atom is -0.369 e. The summed E-state index contributed by atoms with van der Waals surface area (Å²) in [5, 5.41) is -0.932. The Hall–Kier alpha value is -1.54. The van der Waals surface area contributed by atoms with Crippen molar-refractivity contribution in [3.8, 4) is 0 Å². The molecule has 3 rings (SSSR count). The van der Waals surface area contributed by atoms with Gasteiger partial charge in [-0.15, -0.1) is 0 Å². The highest BCUT2D eigenvalue weighted by Crippen LogP contribution is 2.40. The fourth-order valence-corrected chi connectivity index (χ4v) is 3.17. The van der Waals surface area contributed by atoms with Crippen molar-refractivity contribution in [2.24, 2.45) is 0 Å². The lowest BCUT2D eigenvalue weighted by atomic mass is 10.2. The molecular formula is C10H13FN5O7PS. The zero-order valence-corrected chi connectivity index (χ0v) is 14.0. The van der Waals surface area contributed by atoms with Gasteiger partial charge < -0.3 is 20.3 Å². The van der Waals surface area contributed by atoms with Crippen molar-refractivity contribution in [3.05, 3.63) is 16.7 Å². The predicted octanol–water partition coefficient (Wildman–Crippen LogP) is -0.723. The van der Waals surface area contributed by atoms with E-state index < -0.39 is 43.7 Å². The van der Waals surface area contributed by atoms with E-state index in [0.717, 1.165) is 0 Å². The van der Waals surface area contributed by atoms with Gasteiger partial charge in [0.05, 0.1) is 24.3 Å². The van der Waals surface area contributed by atoms with E-state index in [9.17, 15) is 13.9 Å². The van der Waals surface area contributed by atoms with Crippen LogP contribution in [0, 0.1) is 0 Å². The van der Waals surface area contributed by atoms with E-state index >= 15 is 0 Å². The van der Waals surface area contributed by atoms with Crippen LogP contribution in [-0.2, 0) is 18.8 Å². The summed E-state index contributed by atoms with van der Waals surface area (Å²) in [6.07, 6.45) is -2.29. The number of H-pyrrole nitrogens is 1. The molecule has 3 heterocycles. The van der Waals surface area contributed by atoms with Gasteiger partial charge >= 0.3 is 7.82 Å². The first-order valence-corrected chi connectivity index (χ1v) is 8.79. The van der Waals surface area contributed by atoms with Gasteiger partial charge in [-0.05, 0) is 4.53 Å². The van der Waals surface area contributed by atoms with Gasteiger partial charge in [-0.1, -0.05) is 0 Å². The summed E-state index contributed by atoms with van der Waals surface area (Å²) >= 11 is 4.15. The van der Waals surface area contributed by atoms with Crippen molar-refractivity contribution in [3.63, 3.8) is 0 Å². The van der Waals surface area contributed by atoms with Crippen molar-refractivity contribution in [2.75, 3.05) is 12.3 Å². The fourth-order valence-electron chi connectivity index (χ4n) is 2.48. The molecule has 15 heteroatoms. The number of fused-ring (bicyclic) bond motifs is 1. The number of rotatable bonds is 5. The summed E-state index contributed by atoms with van der Waals surface area (Å²) in [5.74, 6) is -0.182. The monoisotopic (exact) mass is 397 g/mol. The Morgan fingerprint density at radius 3 is 2.92 bits per heavy atom. The Kier molecular flexibility index (Phi) is 4.85. The van der Waals surface area contributed by atoms with Gasteiger partial charge in [0.2, 0.25) is 5.95 Å². The minimum atomic E-state index is -4.75. The lowest BCUT2D eigenvalue weighted by Gasteiger charge is -2.17. The van der Waals surface area contributed by atoms with Crippen LogP contribution in [-0.4, -0.2) is 53.4 Å². The molecule has 25 heavy (non-hydrogen) atoms. The van der Waals surface area contributed by atoms with Gasteiger partial charge in [0.25, 0.3) is 5.56 Å². The van der Waals surface area contributed by atoms with Crippen molar-refractivity contribution < 1.29 is 33.1 Å². The predicted molar refractivity (Wildman–Crippen MR) is 83.2 cm³/mol. The number of nitrogens with zero attached hydrogens (tertiary/aromatic N) is 3. The third-order valence-corrected chi connectivity index (χ3v) is 4.66. The first-order chi connectivity index (χ1) is 11.7. The summed E-state index contributed by atoms with van der Waals surface area (Å²) < 4.78 is 34.9. The average Bonchev–Trinajstić information content (AvgIpc) is 3.05. The van der Waals surface area contributed by atoms with Gasteiger partial charge in [0.1, 0.15) is 0 Å². The first kappa shape index (κ1) is 18.3. The number of halogens is 1. The highest BCUT2D eigenvalue weighted by atomic mass is 32.1. The molecule has 5 N–H and O–H groups in total. The largest absolute Gasteiger partial charge is 0.469 e. The number of hydrogen-bond acceptors (Lipinski definition) is 9. The van der Waals surface area contributed by atoms with Crippen LogP contribution >= 0.6 is 20.5 Å². The summed E-state index contributed by atoms with van der Waals surface area (Å²) in [6.45, 7) is -0.558. The van der Waals surface area contributed by atoms with Gasteiger partial charge in [-0.3, -0.25) is 18.9 Å². The molecule has 1 aliphatic rings. The van der Waals surface area contributed by atoms with Crippen LogP contribution in [0.5, 0.6) is 0 Å². The van der Waals surface area contributed by atoms with Crippen LogP contribution < -0.4 is 11.3 Å². The first-order valence-electron chi connectivity index (χ1n) is 6.74. The SMILES string of the molecule is Nc1nc2c(ncn2[C@@H]2O[C@H](COP(=O)(O)O)[C@H](S)[C@@H]2OF)c(=O)[nH]1. The number of nitrogen functional groups attached to an aromatic ring is 1. The van der Waals surface area contributed by atoms with Gasteiger partial charge in [-0.25, -0.2) is 9.55 Å². The number of thiol groups is 1. The van der Waals surface area contributed by atoms with E-state index in [4.69, 9.17) is 20.3 Å².